The molecule has 0 aliphatic heterocycles. The van der Waals surface area contributed by atoms with Crippen molar-refractivity contribution in [1.29, 1.82) is 0 Å². The first-order valence-corrected chi connectivity index (χ1v) is 6.93. The predicted octanol–water partition coefficient (Wildman–Crippen LogP) is 3.63. The number of hydrogen-bond donors (Lipinski definition) is 2. The van der Waals surface area contributed by atoms with E-state index in [1.165, 1.54) is 12.8 Å². The van der Waals surface area contributed by atoms with Crippen LogP contribution in [0, 0.1) is 12.8 Å². The van der Waals surface area contributed by atoms with Crippen molar-refractivity contribution in [3.05, 3.63) is 30.1 Å². The van der Waals surface area contributed by atoms with Crippen LogP contribution >= 0.6 is 0 Å². The van der Waals surface area contributed by atoms with Crippen molar-refractivity contribution in [3.63, 3.8) is 0 Å². The van der Waals surface area contributed by atoms with Gasteiger partial charge in [0.15, 0.2) is 5.82 Å². The molecule has 0 amide bonds. The van der Waals surface area contributed by atoms with Crippen LogP contribution < -0.4 is 5.32 Å². The SMILES string of the molecule is CCCC(C)CNc1ccccc1-c1n[nH]c(C)n1. The smallest absolute Gasteiger partial charge is 0.183 e. The highest BCUT2D eigenvalue weighted by atomic mass is 15.2. The maximum absolute atomic E-state index is 4.40. The Bertz CT molecular complexity index is 518. The largest absolute Gasteiger partial charge is 0.384 e. The first kappa shape index (κ1) is 13.6. The summed E-state index contributed by atoms with van der Waals surface area (Å²) >= 11 is 0. The second-order valence-corrected chi connectivity index (χ2v) is 5.06. The third-order valence-corrected chi connectivity index (χ3v) is 3.19. The Balaban J connectivity index is 2.13. The summed E-state index contributed by atoms with van der Waals surface area (Å²) in [6.45, 7) is 7.39. The van der Waals surface area contributed by atoms with E-state index >= 15 is 0 Å². The number of nitrogens with zero attached hydrogens (tertiary/aromatic N) is 2. The highest BCUT2D eigenvalue weighted by Gasteiger charge is 2.09. The van der Waals surface area contributed by atoms with Gasteiger partial charge in [0.2, 0.25) is 0 Å². The number of nitrogens with one attached hydrogen (secondary N) is 2. The molecule has 0 bridgehead atoms. The summed E-state index contributed by atoms with van der Waals surface area (Å²) < 4.78 is 0. The van der Waals surface area contributed by atoms with Gasteiger partial charge in [-0.15, -0.1) is 0 Å². The van der Waals surface area contributed by atoms with Crippen molar-refractivity contribution in [1.82, 2.24) is 15.2 Å². The van der Waals surface area contributed by atoms with E-state index in [1.807, 2.05) is 19.1 Å². The van der Waals surface area contributed by atoms with Gasteiger partial charge in [-0.2, -0.15) is 5.10 Å². The summed E-state index contributed by atoms with van der Waals surface area (Å²) in [7, 11) is 0. The molecular formula is C15H22N4. The highest BCUT2D eigenvalue weighted by Crippen LogP contribution is 2.25. The Hall–Kier alpha value is -1.84. The molecule has 19 heavy (non-hydrogen) atoms. The lowest BCUT2D eigenvalue weighted by molar-refractivity contribution is 0.551. The fraction of sp³-hybridized carbons (Fsp3) is 0.467. The molecule has 2 aromatic rings. The zero-order chi connectivity index (χ0) is 13.7. The molecular weight excluding hydrogens is 236 g/mol. The molecule has 0 radical (unpaired) electrons. The quantitative estimate of drug-likeness (QED) is 0.832. The molecule has 1 unspecified atom stereocenters. The molecule has 102 valence electrons. The van der Waals surface area contributed by atoms with E-state index in [-0.39, 0.29) is 0 Å². The van der Waals surface area contributed by atoms with Gasteiger partial charge in [-0.1, -0.05) is 32.4 Å². The van der Waals surface area contributed by atoms with E-state index in [9.17, 15) is 0 Å². The third kappa shape index (κ3) is 3.56. The van der Waals surface area contributed by atoms with Crippen LogP contribution in [-0.4, -0.2) is 21.7 Å². The normalized spacial score (nSPS) is 12.4. The third-order valence-electron chi connectivity index (χ3n) is 3.19. The van der Waals surface area contributed by atoms with Gasteiger partial charge in [0.05, 0.1) is 0 Å². The summed E-state index contributed by atoms with van der Waals surface area (Å²) in [6.07, 6.45) is 2.47. The number of hydrogen-bond acceptors (Lipinski definition) is 3. The Kier molecular flexibility index (Phi) is 4.55. The molecule has 0 fully saturated rings. The molecule has 0 aliphatic carbocycles. The van der Waals surface area contributed by atoms with Crippen LogP contribution in [0.1, 0.15) is 32.5 Å². The minimum atomic E-state index is 0.673. The van der Waals surface area contributed by atoms with Crippen molar-refractivity contribution in [2.24, 2.45) is 5.92 Å². The second kappa shape index (κ2) is 6.36. The summed E-state index contributed by atoms with van der Waals surface area (Å²) in [5.41, 5.74) is 2.15. The number of aryl methyl sites for hydroxylation is 1. The van der Waals surface area contributed by atoms with Gasteiger partial charge < -0.3 is 5.32 Å². The standard InChI is InChI=1S/C15H22N4/c1-4-7-11(2)10-16-14-9-6-5-8-13(14)15-17-12(3)18-19-15/h5-6,8-9,11,16H,4,7,10H2,1-3H3,(H,17,18,19). The molecule has 1 aromatic carbocycles. The molecule has 2 rings (SSSR count). The molecule has 0 saturated carbocycles. The van der Waals surface area contributed by atoms with Gasteiger partial charge in [-0.3, -0.25) is 5.10 Å². The molecule has 1 atom stereocenters. The number of H-pyrrole nitrogens is 1. The lowest BCUT2D eigenvalue weighted by atomic mass is 10.1. The van der Waals surface area contributed by atoms with Crippen LogP contribution in [-0.2, 0) is 0 Å². The van der Waals surface area contributed by atoms with Crippen LogP contribution in [0.25, 0.3) is 11.4 Å². The van der Waals surface area contributed by atoms with Crippen LogP contribution in [0.4, 0.5) is 5.69 Å². The van der Waals surface area contributed by atoms with Crippen LogP contribution in [0.5, 0.6) is 0 Å². The topological polar surface area (TPSA) is 53.6 Å². The van der Waals surface area contributed by atoms with Crippen molar-refractivity contribution < 1.29 is 0 Å². The number of aromatic amines is 1. The fourth-order valence-electron chi connectivity index (χ4n) is 2.17. The highest BCUT2D eigenvalue weighted by molar-refractivity contribution is 5.73. The van der Waals surface area contributed by atoms with Gasteiger partial charge in [-0.25, -0.2) is 4.98 Å². The van der Waals surface area contributed by atoms with Crippen molar-refractivity contribution in [2.75, 3.05) is 11.9 Å². The average molecular weight is 258 g/mol. The van der Waals surface area contributed by atoms with Gasteiger partial charge in [0.1, 0.15) is 5.82 Å². The summed E-state index contributed by atoms with van der Waals surface area (Å²) in [5, 5.41) is 10.6. The summed E-state index contributed by atoms with van der Waals surface area (Å²) in [4.78, 5) is 4.40. The second-order valence-electron chi connectivity index (χ2n) is 5.06. The Labute approximate surface area is 114 Å². The fourth-order valence-corrected chi connectivity index (χ4v) is 2.17. The maximum Gasteiger partial charge on any atom is 0.183 e. The van der Waals surface area contributed by atoms with E-state index < -0.39 is 0 Å². The van der Waals surface area contributed by atoms with Crippen LogP contribution in [0.3, 0.4) is 0 Å². The van der Waals surface area contributed by atoms with E-state index in [4.69, 9.17) is 0 Å². The number of rotatable bonds is 6. The van der Waals surface area contributed by atoms with Gasteiger partial charge >= 0.3 is 0 Å². The number of aromatic nitrogens is 3. The van der Waals surface area contributed by atoms with E-state index in [0.29, 0.717) is 5.92 Å². The van der Waals surface area contributed by atoms with Crippen molar-refractivity contribution >= 4 is 5.69 Å². The Morgan fingerprint density at radius 3 is 2.79 bits per heavy atom. The van der Waals surface area contributed by atoms with Crippen LogP contribution in [0.2, 0.25) is 0 Å². The van der Waals surface area contributed by atoms with Gasteiger partial charge in [-0.05, 0) is 31.4 Å². The molecule has 2 N–H and O–H groups in total. The van der Waals surface area contributed by atoms with E-state index in [1.54, 1.807) is 0 Å². The monoisotopic (exact) mass is 258 g/mol. The summed E-state index contributed by atoms with van der Waals surface area (Å²) in [5.74, 6) is 2.26. The zero-order valence-electron chi connectivity index (χ0n) is 11.9. The first-order chi connectivity index (χ1) is 9.20. The molecule has 0 spiro atoms. The van der Waals surface area contributed by atoms with E-state index in [0.717, 1.165) is 29.4 Å². The Morgan fingerprint density at radius 1 is 1.32 bits per heavy atom. The molecule has 1 heterocycles. The zero-order valence-corrected chi connectivity index (χ0v) is 11.9. The first-order valence-electron chi connectivity index (χ1n) is 6.93. The molecule has 0 aliphatic rings. The molecule has 4 nitrogen and oxygen atoms in total. The van der Waals surface area contributed by atoms with E-state index in [2.05, 4.69) is 46.5 Å². The number of para-hydroxylation sites is 1. The van der Waals surface area contributed by atoms with Crippen LogP contribution in [0.15, 0.2) is 24.3 Å². The molecule has 1 aromatic heterocycles. The minimum absolute atomic E-state index is 0.673. The number of anilines is 1. The average Bonchev–Trinajstić information content (AvgIpc) is 2.84. The number of benzene rings is 1. The molecule has 4 heteroatoms. The van der Waals surface area contributed by atoms with Gasteiger partial charge in [0.25, 0.3) is 0 Å². The molecule has 0 saturated heterocycles. The van der Waals surface area contributed by atoms with Crippen molar-refractivity contribution in [3.8, 4) is 11.4 Å². The predicted molar refractivity (Wildman–Crippen MR) is 79.1 cm³/mol. The lowest BCUT2D eigenvalue weighted by Crippen LogP contribution is -2.11. The van der Waals surface area contributed by atoms with Crippen molar-refractivity contribution in [2.45, 2.75) is 33.6 Å². The minimum Gasteiger partial charge on any atom is -0.384 e. The maximum atomic E-state index is 4.40. The summed E-state index contributed by atoms with van der Waals surface area (Å²) in [6, 6.07) is 8.19. The lowest BCUT2D eigenvalue weighted by Gasteiger charge is -2.14. The van der Waals surface area contributed by atoms with Gasteiger partial charge in [0, 0.05) is 17.8 Å². The Morgan fingerprint density at radius 2 is 2.11 bits per heavy atom.